The number of rotatable bonds is 5. The number of alkyl carbamates (subject to hydrolysis) is 1. The molecule has 14 heteroatoms. The van der Waals surface area contributed by atoms with Crippen LogP contribution in [0.5, 0.6) is 0 Å². The fraction of sp³-hybridized carbons (Fsp3) is 0.467. The molecule has 2 atom stereocenters. The molecule has 1 fully saturated rings. The molecule has 0 bridgehead atoms. The number of aromatic nitrogens is 3. The molecule has 44 heavy (non-hydrogen) atoms. The van der Waals surface area contributed by atoms with Gasteiger partial charge in [0.25, 0.3) is 11.2 Å². The van der Waals surface area contributed by atoms with Crippen LogP contribution in [-0.4, -0.2) is 74.6 Å². The van der Waals surface area contributed by atoms with Gasteiger partial charge in [-0.2, -0.15) is 0 Å². The minimum Gasteiger partial charge on any atom is -0.444 e. The van der Waals surface area contributed by atoms with Crippen LogP contribution < -0.4 is 26.4 Å². The molecule has 5 rings (SSSR count). The number of hydrogen-bond acceptors (Lipinski definition) is 10. The second-order valence-electron chi connectivity index (χ2n) is 12.0. The number of carbonyl (C=O) groups is 1. The number of ether oxygens (including phenoxy) is 1. The highest BCUT2D eigenvalue weighted by molar-refractivity contribution is 5.82. The van der Waals surface area contributed by atoms with E-state index in [0.29, 0.717) is 35.5 Å². The number of nitrogens with zero attached hydrogens (tertiary/aromatic N) is 7. The highest BCUT2D eigenvalue weighted by atomic mass is 16.6. The first-order chi connectivity index (χ1) is 20.8. The van der Waals surface area contributed by atoms with Crippen molar-refractivity contribution in [2.75, 3.05) is 36.5 Å². The Kier molecular flexibility index (Phi) is 8.09. The third kappa shape index (κ3) is 5.70. The van der Waals surface area contributed by atoms with E-state index < -0.39 is 34.2 Å². The molecule has 1 N–H and O–H groups in total. The molecule has 1 aromatic carbocycles. The van der Waals surface area contributed by atoms with Crippen molar-refractivity contribution in [3.8, 4) is 17.7 Å². The maximum atomic E-state index is 14.2. The van der Waals surface area contributed by atoms with Crippen molar-refractivity contribution >= 4 is 34.2 Å². The van der Waals surface area contributed by atoms with Gasteiger partial charge < -0.3 is 19.9 Å². The first-order valence-corrected chi connectivity index (χ1v) is 14.3. The van der Waals surface area contributed by atoms with Crippen LogP contribution >= 0.6 is 0 Å². The van der Waals surface area contributed by atoms with Gasteiger partial charge in [-0.25, -0.2) is 19.1 Å². The van der Waals surface area contributed by atoms with Gasteiger partial charge in [-0.15, -0.1) is 5.92 Å². The Morgan fingerprint density at radius 1 is 1.20 bits per heavy atom. The van der Waals surface area contributed by atoms with Crippen molar-refractivity contribution in [2.24, 2.45) is 7.05 Å². The van der Waals surface area contributed by atoms with E-state index in [1.165, 1.54) is 28.8 Å². The van der Waals surface area contributed by atoms with E-state index >= 15 is 0 Å². The standard InChI is InChI=1S/C30H36N8O6/c1-7-8-16-36-24-25(33(5)28(36)35-15-9-10-20(18-35)31-27(40)44-30(2,3)4)34(6)29(41)37(26(24)39)23-14-11-19-17-21(38(42)43)12-13-22(19)32-23/h11-14,17,20,28H,9-10,15-16,18H2,1-6H3,(H,31,40)/t20-,28?/m1/s1. The third-order valence-corrected chi connectivity index (χ3v) is 7.68. The van der Waals surface area contributed by atoms with Crippen LogP contribution in [0.3, 0.4) is 0 Å². The number of nitro groups is 1. The van der Waals surface area contributed by atoms with Gasteiger partial charge in [0.05, 0.1) is 17.0 Å². The molecule has 0 saturated carbocycles. The SMILES string of the molecule is CC#CCN1c2c(n(C)c(=O)n(-c3ccc4cc([N+](=O)[O-])ccc4n3)c2=O)N(C)C1N1CCC[C@@H](NC(=O)OC(C)(C)C)C1. The van der Waals surface area contributed by atoms with Crippen LogP contribution in [0, 0.1) is 22.0 Å². The number of benzene rings is 1. The fourth-order valence-corrected chi connectivity index (χ4v) is 5.89. The van der Waals surface area contributed by atoms with Crippen LogP contribution in [0.25, 0.3) is 16.7 Å². The monoisotopic (exact) mass is 604 g/mol. The molecule has 0 aliphatic carbocycles. The predicted molar refractivity (Wildman–Crippen MR) is 166 cm³/mol. The predicted octanol–water partition coefficient (Wildman–Crippen LogP) is 2.54. The van der Waals surface area contributed by atoms with E-state index in [1.54, 1.807) is 20.0 Å². The van der Waals surface area contributed by atoms with Crippen LogP contribution in [0.1, 0.15) is 40.5 Å². The number of non-ortho nitro benzene ring substituents is 1. The maximum Gasteiger partial charge on any atom is 0.407 e. The van der Waals surface area contributed by atoms with E-state index in [4.69, 9.17) is 4.74 Å². The molecule has 14 nitrogen and oxygen atoms in total. The minimum atomic E-state index is -0.621. The van der Waals surface area contributed by atoms with Gasteiger partial charge in [-0.3, -0.25) is 24.4 Å². The summed E-state index contributed by atoms with van der Waals surface area (Å²) in [6.45, 7) is 8.58. The Bertz CT molecular complexity index is 1810. The smallest absolute Gasteiger partial charge is 0.407 e. The van der Waals surface area contributed by atoms with Gasteiger partial charge in [-0.05, 0) is 58.7 Å². The normalized spacial score (nSPS) is 18.5. The van der Waals surface area contributed by atoms with Crippen molar-refractivity contribution in [3.05, 3.63) is 61.3 Å². The van der Waals surface area contributed by atoms with E-state index in [9.17, 15) is 24.5 Å². The first-order valence-electron chi connectivity index (χ1n) is 14.3. The zero-order chi connectivity index (χ0) is 31.9. The fourth-order valence-electron chi connectivity index (χ4n) is 5.89. The molecular weight excluding hydrogens is 568 g/mol. The lowest BCUT2D eigenvalue weighted by Gasteiger charge is -2.42. The van der Waals surface area contributed by atoms with Gasteiger partial charge in [-0.1, -0.05) is 5.92 Å². The highest BCUT2D eigenvalue weighted by Gasteiger charge is 2.43. The van der Waals surface area contributed by atoms with Crippen molar-refractivity contribution < 1.29 is 14.5 Å². The molecule has 0 spiro atoms. The average Bonchev–Trinajstić information content (AvgIpc) is 3.25. The Labute approximate surface area is 254 Å². The molecular formula is C30H36N8O6. The van der Waals surface area contributed by atoms with Crippen molar-refractivity contribution in [1.82, 2.24) is 24.3 Å². The Balaban J connectivity index is 1.54. The van der Waals surface area contributed by atoms with E-state index in [2.05, 4.69) is 27.0 Å². The molecule has 1 saturated heterocycles. The van der Waals surface area contributed by atoms with Gasteiger partial charge in [0.15, 0.2) is 6.29 Å². The molecule has 1 amide bonds. The number of anilines is 2. The summed E-state index contributed by atoms with van der Waals surface area (Å²) in [5.74, 6) is 6.53. The van der Waals surface area contributed by atoms with Crippen LogP contribution in [0.15, 0.2) is 39.9 Å². The molecule has 4 heterocycles. The lowest BCUT2D eigenvalue weighted by molar-refractivity contribution is -0.384. The van der Waals surface area contributed by atoms with Gasteiger partial charge in [0, 0.05) is 50.7 Å². The quantitative estimate of drug-likeness (QED) is 0.262. The lowest BCUT2D eigenvalue weighted by Crippen LogP contribution is -2.60. The second-order valence-corrected chi connectivity index (χ2v) is 12.0. The average molecular weight is 605 g/mol. The molecule has 3 aromatic rings. The Morgan fingerprint density at radius 3 is 2.64 bits per heavy atom. The number of piperidine rings is 1. The highest BCUT2D eigenvalue weighted by Crippen LogP contribution is 2.37. The number of likely N-dealkylation sites (tertiary alicyclic amines) is 1. The summed E-state index contributed by atoms with van der Waals surface area (Å²) >= 11 is 0. The molecule has 0 radical (unpaired) electrons. The summed E-state index contributed by atoms with van der Waals surface area (Å²) in [4.78, 5) is 61.6. The lowest BCUT2D eigenvalue weighted by atomic mass is 10.1. The van der Waals surface area contributed by atoms with Gasteiger partial charge >= 0.3 is 11.8 Å². The summed E-state index contributed by atoms with van der Waals surface area (Å²) in [5.41, 5.74) is -1.13. The number of nitrogens with one attached hydrogen (secondary N) is 1. The van der Waals surface area contributed by atoms with Gasteiger partial charge in [0.1, 0.15) is 22.9 Å². The molecule has 1 unspecified atom stereocenters. The molecule has 2 aliphatic rings. The van der Waals surface area contributed by atoms with Gasteiger partial charge in [0.2, 0.25) is 0 Å². The molecule has 232 valence electrons. The zero-order valence-corrected chi connectivity index (χ0v) is 25.7. The molecule has 2 aromatic heterocycles. The Morgan fingerprint density at radius 2 is 1.95 bits per heavy atom. The zero-order valence-electron chi connectivity index (χ0n) is 25.7. The summed E-state index contributed by atoms with van der Waals surface area (Å²) < 4.78 is 7.91. The second kappa shape index (κ2) is 11.6. The number of amides is 1. The van der Waals surface area contributed by atoms with Crippen LogP contribution in [0.4, 0.5) is 22.0 Å². The van der Waals surface area contributed by atoms with E-state index in [0.717, 1.165) is 17.4 Å². The largest absolute Gasteiger partial charge is 0.444 e. The van der Waals surface area contributed by atoms with Crippen molar-refractivity contribution in [1.29, 1.82) is 0 Å². The number of nitro benzene ring substituents is 1. The van der Waals surface area contributed by atoms with Crippen molar-refractivity contribution in [3.63, 3.8) is 0 Å². The van der Waals surface area contributed by atoms with E-state index in [-0.39, 0.29) is 24.1 Å². The van der Waals surface area contributed by atoms with E-state index in [1.807, 2.05) is 37.6 Å². The van der Waals surface area contributed by atoms with Crippen molar-refractivity contribution in [2.45, 2.75) is 58.5 Å². The number of pyridine rings is 1. The number of fused-ring (bicyclic) bond motifs is 2. The summed E-state index contributed by atoms with van der Waals surface area (Å²) in [6.07, 6.45) is 0.643. The topological polar surface area (TPSA) is 148 Å². The van der Waals surface area contributed by atoms with Crippen LogP contribution in [0.2, 0.25) is 0 Å². The first kappa shape index (κ1) is 30.6. The maximum absolute atomic E-state index is 14.2. The number of carbonyl (C=O) groups excluding carboxylic acids is 1. The Hall–Kier alpha value is -4.90. The minimum absolute atomic E-state index is 0.0827. The molecule has 2 aliphatic heterocycles. The summed E-state index contributed by atoms with van der Waals surface area (Å²) in [7, 11) is 3.44. The number of hydrogen-bond donors (Lipinski definition) is 1. The van der Waals surface area contributed by atoms with Crippen LogP contribution in [-0.2, 0) is 11.8 Å². The third-order valence-electron chi connectivity index (χ3n) is 7.68. The summed E-state index contributed by atoms with van der Waals surface area (Å²) in [6, 6.07) is 7.15. The summed E-state index contributed by atoms with van der Waals surface area (Å²) in [5, 5.41) is 14.7.